The molecule has 1 aliphatic rings. The number of halogens is 3. The Morgan fingerprint density at radius 1 is 1.00 bits per heavy atom. The minimum Gasteiger partial charge on any atom is -0.493 e. The fourth-order valence-corrected chi connectivity index (χ4v) is 4.85. The summed E-state index contributed by atoms with van der Waals surface area (Å²) in [5.74, 6) is -2.41. The first-order valence-electron chi connectivity index (χ1n) is 13.5. The lowest BCUT2D eigenvalue weighted by atomic mass is 10.1. The van der Waals surface area contributed by atoms with Gasteiger partial charge in [-0.25, -0.2) is 19.7 Å². The Hall–Kier alpha value is -4.66. The van der Waals surface area contributed by atoms with E-state index in [4.69, 9.17) is 14.2 Å². The number of hydrogen-bond donors (Lipinski definition) is 2. The van der Waals surface area contributed by atoms with Crippen molar-refractivity contribution in [3.63, 3.8) is 0 Å². The molecule has 1 saturated heterocycles. The summed E-state index contributed by atoms with van der Waals surface area (Å²) in [6.07, 6.45) is -2.06. The van der Waals surface area contributed by atoms with Gasteiger partial charge < -0.3 is 18.9 Å². The van der Waals surface area contributed by atoms with Crippen molar-refractivity contribution in [1.29, 1.82) is 0 Å². The molecule has 0 unspecified atom stereocenters. The van der Waals surface area contributed by atoms with E-state index in [0.717, 1.165) is 32.4 Å². The van der Waals surface area contributed by atoms with E-state index in [1.165, 1.54) is 26.4 Å². The van der Waals surface area contributed by atoms with Crippen LogP contribution in [0.5, 0.6) is 23.0 Å². The minimum atomic E-state index is -5.30. The first-order valence-corrected chi connectivity index (χ1v) is 13.5. The molecule has 0 aliphatic carbocycles. The highest BCUT2D eigenvalue weighted by molar-refractivity contribution is 5.91. The standard InChI is InChI=1S/C28H29F3N6O6/c1-15-16-13-20(40-2)21(41-3)14-18(16)34-26(32-15)36-27-33-17-7-8-19(42-12-11-37-9-5-4-6-10-37)23(22(17)24(38)35-27)43-25(39)28(29,30)31/h7-8,13-14H,4-6,9-12H2,1-3H3,(H2,32,33,34,35,36,38). The number of ether oxygens (including phenoxy) is 4. The van der Waals surface area contributed by atoms with Gasteiger partial charge in [0, 0.05) is 18.0 Å². The van der Waals surface area contributed by atoms with E-state index in [1.807, 2.05) is 0 Å². The van der Waals surface area contributed by atoms with Crippen LogP contribution in [0.15, 0.2) is 29.1 Å². The van der Waals surface area contributed by atoms with Gasteiger partial charge in [-0.15, -0.1) is 0 Å². The molecule has 12 nitrogen and oxygen atoms in total. The van der Waals surface area contributed by atoms with E-state index in [0.29, 0.717) is 34.6 Å². The van der Waals surface area contributed by atoms with Gasteiger partial charge in [-0.1, -0.05) is 6.42 Å². The molecule has 0 bridgehead atoms. The molecule has 0 radical (unpaired) electrons. The van der Waals surface area contributed by atoms with Crippen LogP contribution in [0.3, 0.4) is 0 Å². The second-order valence-electron chi connectivity index (χ2n) is 9.82. The number of aromatic nitrogens is 4. The van der Waals surface area contributed by atoms with Crippen LogP contribution in [0.4, 0.5) is 25.1 Å². The van der Waals surface area contributed by atoms with E-state index in [2.05, 4.69) is 34.9 Å². The number of rotatable bonds is 9. The van der Waals surface area contributed by atoms with Crippen LogP contribution in [-0.2, 0) is 4.79 Å². The van der Waals surface area contributed by atoms with Gasteiger partial charge in [-0.3, -0.25) is 20.0 Å². The number of likely N-dealkylation sites (tertiary alicyclic amines) is 1. The first kappa shape index (κ1) is 29.8. The Labute approximate surface area is 243 Å². The summed E-state index contributed by atoms with van der Waals surface area (Å²) in [5.41, 5.74) is 0.180. The van der Waals surface area contributed by atoms with Crippen LogP contribution in [0.1, 0.15) is 25.0 Å². The number of benzene rings is 2. The number of nitrogens with one attached hydrogen (secondary N) is 2. The van der Waals surface area contributed by atoms with Crippen molar-refractivity contribution in [1.82, 2.24) is 24.8 Å². The van der Waals surface area contributed by atoms with Gasteiger partial charge >= 0.3 is 12.1 Å². The third-order valence-corrected chi connectivity index (χ3v) is 6.95. The van der Waals surface area contributed by atoms with Gasteiger partial charge in [0.15, 0.2) is 23.0 Å². The van der Waals surface area contributed by atoms with Crippen molar-refractivity contribution in [3.05, 3.63) is 40.3 Å². The number of alkyl halides is 3. The third kappa shape index (κ3) is 6.56. The molecule has 1 aliphatic heterocycles. The summed E-state index contributed by atoms with van der Waals surface area (Å²) in [7, 11) is 3.00. The van der Waals surface area contributed by atoms with Gasteiger partial charge in [0.1, 0.15) is 12.0 Å². The van der Waals surface area contributed by atoms with Gasteiger partial charge in [0.05, 0.1) is 30.9 Å². The number of esters is 1. The first-order chi connectivity index (χ1) is 20.6. The maximum atomic E-state index is 13.2. The molecular weight excluding hydrogens is 573 g/mol. The zero-order valence-electron chi connectivity index (χ0n) is 23.6. The summed E-state index contributed by atoms with van der Waals surface area (Å²) in [6, 6.07) is 6.10. The highest BCUT2D eigenvalue weighted by atomic mass is 19.4. The lowest BCUT2D eigenvalue weighted by Crippen LogP contribution is -2.33. The molecule has 2 aromatic heterocycles. The SMILES string of the molecule is COc1cc2nc(Nc3nc4ccc(OCCN5CCCCC5)c(OC(=O)C(F)(F)F)c4c(=O)[nH]3)nc(C)c2cc1OC. The number of piperidine rings is 1. The van der Waals surface area contributed by atoms with Gasteiger partial charge in [0.25, 0.3) is 5.56 Å². The molecule has 2 N–H and O–H groups in total. The van der Waals surface area contributed by atoms with E-state index >= 15 is 0 Å². The van der Waals surface area contributed by atoms with Crippen molar-refractivity contribution in [2.75, 3.05) is 45.8 Å². The van der Waals surface area contributed by atoms with Crippen LogP contribution in [0.2, 0.25) is 0 Å². The molecule has 0 saturated carbocycles. The van der Waals surface area contributed by atoms with E-state index in [-0.39, 0.29) is 35.2 Å². The average molecular weight is 603 g/mol. The summed E-state index contributed by atoms with van der Waals surface area (Å²) < 4.78 is 60.5. The zero-order valence-corrected chi connectivity index (χ0v) is 23.6. The quantitative estimate of drug-likeness (QED) is 0.210. The molecule has 1 fully saturated rings. The molecule has 15 heteroatoms. The topological polar surface area (TPSA) is 141 Å². The van der Waals surface area contributed by atoms with Gasteiger partial charge in [-0.05, 0) is 51.1 Å². The summed E-state index contributed by atoms with van der Waals surface area (Å²) >= 11 is 0. The molecule has 4 aromatic rings. The normalized spacial score (nSPS) is 14.1. The van der Waals surface area contributed by atoms with E-state index < -0.39 is 23.5 Å². The number of aryl methyl sites for hydroxylation is 1. The molecule has 0 atom stereocenters. The van der Waals surface area contributed by atoms with Crippen LogP contribution >= 0.6 is 0 Å². The minimum absolute atomic E-state index is 0.0523. The van der Waals surface area contributed by atoms with Crippen molar-refractivity contribution in [2.24, 2.45) is 0 Å². The second-order valence-corrected chi connectivity index (χ2v) is 9.82. The number of anilines is 2. The van der Waals surface area contributed by atoms with Crippen LogP contribution in [0.25, 0.3) is 21.8 Å². The second kappa shape index (κ2) is 12.3. The highest BCUT2D eigenvalue weighted by Gasteiger charge is 2.42. The maximum absolute atomic E-state index is 13.2. The molecule has 2 aromatic carbocycles. The number of H-pyrrole nitrogens is 1. The van der Waals surface area contributed by atoms with E-state index in [9.17, 15) is 22.8 Å². The fraction of sp³-hybridized carbons (Fsp3) is 0.393. The largest absolute Gasteiger partial charge is 0.493 e. The Bertz CT molecular complexity index is 1720. The Morgan fingerprint density at radius 2 is 1.72 bits per heavy atom. The van der Waals surface area contributed by atoms with Crippen LogP contribution in [-0.4, -0.2) is 77.4 Å². The molecule has 0 spiro atoms. The number of hydrogen-bond acceptors (Lipinski definition) is 11. The molecule has 3 heterocycles. The molecular formula is C28H29F3N6O6. The highest BCUT2D eigenvalue weighted by Crippen LogP contribution is 2.36. The van der Waals surface area contributed by atoms with Crippen molar-refractivity contribution < 1.29 is 36.9 Å². The number of carbonyl (C=O) groups excluding carboxylic acids is 1. The van der Waals surface area contributed by atoms with Crippen LogP contribution in [0, 0.1) is 6.92 Å². The smallest absolute Gasteiger partial charge is 0.491 e. The number of nitrogens with zero attached hydrogens (tertiary/aromatic N) is 4. The Balaban J connectivity index is 1.48. The van der Waals surface area contributed by atoms with Crippen LogP contribution < -0.4 is 29.8 Å². The summed E-state index contributed by atoms with van der Waals surface area (Å²) in [6.45, 7) is 4.16. The van der Waals surface area contributed by atoms with Gasteiger partial charge in [0.2, 0.25) is 11.9 Å². The number of carbonyl (C=O) groups is 1. The maximum Gasteiger partial charge on any atom is 0.491 e. The van der Waals surface area contributed by atoms with Crippen molar-refractivity contribution in [2.45, 2.75) is 32.4 Å². The lowest BCUT2D eigenvalue weighted by molar-refractivity contribution is -0.189. The number of fused-ring (bicyclic) bond motifs is 2. The lowest BCUT2D eigenvalue weighted by Gasteiger charge is -2.26. The third-order valence-electron chi connectivity index (χ3n) is 6.95. The Morgan fingerprint density at radius 3 is 2.42 bits per heavy atom. The molecule has 228 valence electrons. The zero-order chi connectivity index (χ0) is 30.7. The molecule has 43 heavy (non-hydrogen) atoms. The predicted octanol–water partition coefficient (Wildman–Crippen LogP) is 4.27. The van der Waals surface area contributed by atoms with Crippen molar-refractivity contribution in [3.8, 4) is 23.0 Å². The number of aromatic amines is 1. The molecule has 0 amide bonds. The monoisotopic (exact) mass is 602 g/mol. The van der Waals surface area contributed by atoms with E-state index in [1.54, 1.807) is 19.1 Å². The Kier molecular flexibility index (Phi) is 8.52. The van der Waals surface area contributed by atoms with Gasteiger partial charge in [-0.2, -0.15) is 13.2 Å². The fourth-order valence-electron chi connectivity index (χ4n) is 4.85. The number of methoxy groups -OCH3 is 2. The summed E-state index contributed by atoms with van der Waals surface area (Å²) in [5, 5.41) is 3.14. The summed E-state index contributed by atoms with van der Waals surface area (Å²) in [4.78, 5) is 42.8. The predicted molar refractivity (Wildman–Crippen MR) is 151 cm³/mol. The molecule has 5 rings (SSSR count). The average Bonchev–Trinajstić information content (AvgIpc) is 2.97. The van der Waals surface area contributed by atoms with Crippen molar-refractivity contribution >= 4 is 39.7 Å².